The summed E-state index contributed by atoms with van der Waals surface area (Å²) in [4.78, 5) is 28.2. The summed E-state index contributed by atoms with van der Waals surface area (Å²) in [5.74, 6) is 0.364. The molecular weight excluding hydrogens is 442 g/mol. The van der Waals surface area contributed by atoms with Crippen LogP contribution in [0.15, 0.2) is 43.1 Å². The van der Waals surface area contributed by atoms with E-state index < -0.39 is 0 Å². The van der Waals surface area contributed by atoms with Crippen LogP contribution in [0.2, 0.25) is 0 Å². The first-order valence-electron chi connectivity index (χ1n) is 12.2. The Morgan fingerprint density at radius 2 is 1.86 bits per heavy atom. The van der Waals surface area contributed by atoms with Gasteiger partial charge in [-0.15, -0.1) is 0 Å². The fourth-order valence-corrected chi connectivity index (χ4v) is 4.96. The van der Waals surface area contributed by atoms with E-state index in [1.54, 1.807) is 37.1 Å². The van der Waals surface area contributed by atoms with Crippen LogP contribution >= 0.6 is 0 Å². The number of benzene rings is 1. The number of morpholine rings is 1. The Morgan fingerprint density at radius 1 is 1.14 bits per heavy atom. The third-order valence-electron chi connectivity index (χ3n) is 6.90. The van der Waals surface area contributed by atoms with Gasteiger partial charge in [-0.05, 0) is 43.2 Å². The second-order valence-electron chi connectivity index (χ2n) is 9.29. The van der Waals surface area contributed by atoms with Gasteiger partial charge in [-0.25, -0.2) is 4.98 Å². The lowest BCUT2D eigenvalue weighted by Crippen LogP contribution is -2.49. The molecule has 2 saturated heterocycles. The Labute approximate surface area is 206 Å². The number of nitrogens with zero attached hydrogens (tertiary/aromatic N) is 6. The normalized spacial score (nSPS) is 17.5. The van der Waals surface area contributed by atoms with Crippen molar-refractivity contribution in [1.29, 1.82) is 0 Å². The molecule has 184 valence electrons. The van der Waals surface area contributed by atoms with Crippen molar-refractivity contribution >= 4 is 40.5 Å². The van der Waals surface area contributed by atoms with E-state index in [0.717, 1.165) is 50.5 Å². The maximum absolute atomic E-state index is 12.5. The largest absolute Gasteiger partial charge is 0.379 e. The Balaban J connectivity index is 1.25. The molecule has 0 atom stereocenters. The Kier molecular flexibility index (Phi) is 6.70. The molecule has 3 aromatic rings. The zero-order valence-corrected chi connectivity index (χ0v) is 20.5. The van der Waals surface area contributed by atoms with Gasteiger partial charge >= 0.3 is 0 Å². The van der Waals surface area contributed by atoms with Crippen LogP contribution in [-0.2, 0) is 4.74 Å². The summed E-state index contributed by atoms with van der Waals surface area (Å²) in [7, 11) is 3.45. The van der Waals surface area contributed by atoms with Gasteiger partial charge in [-0.3, -0.25) is 14.3 Å². The van der Waals surface area contributed by atoms with Crippen molar-refractivity contribution in [2.75, 3.05) is 63.7 Å². The topological polar surface area (TPSA) is 78.8 Å². The van der Waals surface area contributed by atoms with Crippen LogP contribution in [-0.4, -0.2) is 89.8 Å². The summed E-state index contributed by atoms with van der Waals surface area (Å²) in [6.45, 7) is 9.84. The van der Waals surface area contributed by atoms with E-state index in [-0.39, 0.29) is 5.91 Å². The zero-order valence-electron chi connectivity index (χ0n) is 20.5. The maximum Gasteiger partial charge on any atom is 0.270 e. The van der Waals surface area contributed by atoms with Gasteiger partial charge in [0.25, 0.3) is 5.91 Å². The highest BCUT2D eigenvalue weighted by atomic mass is 16.5. The van der Waals surface area contributed by atoms with Gasteiger partial charge in [0.05, 0.1) is 13.2 Å². The minimum Gasteiger partial charge on any atom is -0.379 e. The van der Waals surface area contributed by atoms with Crippen LogP contribution in [0.25, 0.3) is 17.2 Å². The summed E-state index contributed by atoms with van der Waals surface area (Å²) in [5.41, 5.74) is 3.30. The van der Waals surface area contributed by atoms with Crippen molar-refractivity contribution in [3.63, 3.8) is 0 Å². The molecule has 5 rings (SSSR count). The number of anilines is 3. The number of hydrogen-bond donors (Lipinski definition) is 1. The minimum absolute atomic E-state index is 0.109. The molecule has 0 spiro atoms. The lowest BCUT2D eigenvalue weighted by molar-refractivity contribution is 0.0115. The molecule has 4 heterocycles. The lowest BCUT2D eigenvalue weighted by Gasteiger charge is -2.40. The molecule has 0 aliphatic carbocycles. The van der Waals surface area contributed by atoms with Gasteiger partial charge in [-0.1, -0.05) is 6.58 Å². The van der Waals surface area contributed by atoms with Gasteiger partial charge in [0.1, 0.15) is 11.3 Å². The van der Waals surface area contributed by atoms with Crippen molar-refractivity contribution in [3.05, 3.63) is 48.8 Å². The fourth-order valence-electron chi connectivity index (χ4n) is 4.96. The molecule has 2 aromatic heterocycles. The molecule has 2 fully saturated rings. The third-order valence-corrected chi connectivity index (χ3v) is 6.90. The van der Waals surface area contributed by atoms with Crippen LogP contribution in [0.4, 0.5) is 17.3 Å². The Morgan fingerprint density at radius 3 is 2.51 bits per heavy atom. The van der Waals surface area contributed by atoms with Crippen LogP contribution in [0.3, 0.4) is 0 Å². The van der Waals surface area contributed by atoms with Gasteiger partial charge < -0.3 is 19.9 Å². The van der Waals surface area contributed by atoms with Crippen molar-refractivity contribution in [2.45, 2.75) is 18.9 Å². The third kappa shape index (κ3) is 4.87. The van der Waals surface area contributed by atoms with E-state index in [0.29, 0.717) is 23.3 Å². The van der Waals surface area contributed by atoms with Gasteiger partial charge in [0.2, 0.25) is 5.95 Å². The second-order valence-corrected chi connectivity index (χ2v) is 9.29. The molecular formula is C26H33N7O2. The number of aromatic nitrogens is 3. The Hall–Kier alpha value is -3.43. The van der Waals surface area contributed by atoms with E-state index in [4.69, 9.17) is 4.74 Å². The zero-order chi connectivity index (χ0) is 24.4. The standard InChI is InChI=1S/C26H33N7O2/c1-4-33-23(25(34)30(2)3)17-19-18-27-26(29-24(19)33)28-20-5-7-21(8-6-20)31-11-9-22(10-12-31)32-13-15-35-16-14-32/h4-8,17-18,22H,1,9-16H2,2-3H3,(H,27,28,29). The summed E-state index contributed by atoms with van der Waals surface area (Å²) in [5, 5.41) is 4.08. The number of amides is 1. The number of ether oxygens (including phenoxy) is 1. The van der Waals surface area contributed by atoms with E-state index >= 15 is 0 Å². The smallest absolute Gasteiger partial charge is 0.270 e. The molecule has 2 aliphatic rings. The number of nitrogens with one attached hydrogen (secondary N) is 1. The summed E-state index contributed by atoms with van der Waals surface area (Å²) < 4.78 is 7.20. The quantitative estimate of drug-likeness (QED) is 0.586. The predicted octanol–water partition coefficient (Wildman–Crippen LogP) is 3.28. The number of carbonyl (C=O) groups excluding carboxylic acids is 1. The first-order valence-corrected chi connectivity index (χ1v) is 12.2. The molecule has 2 aliphatic heterocycles. The predicted molar refractivity (Wildman–Crippen MR) is 139 cm³/mol. The molecule has 0 saturated carbocycles. The molecule has 1 aromatic carbocycles. The van der Waals surface area contributed by atoms with E-state index in [1.807, 2.05) is 0 Å². The van der Waals surface area contributed by atoms with Crippen LogP contribution in [0.1, 0.15) is 23.3 Å². The van der Waals surface area contributed by atoms with Crippen molar-refractivity contribution in [3.8, 4) is 0 Å². The monoisotopic (exact) mass is 475 g/mol. The Bertz CT molecular complexity index is 1190. The minimum atomic E-state index is -0.109. The van der Waals surface area contributed by atoms with E-state index in [9.17, 15) is 4.79 Å². The first kappa shape index (κ1) is 23.3. The molecule has 9 nitrogen and oxygen atoms in total. The number of piperidine rings is 1. The number of rotatable bonds is 6. The van der Waals surface area contributed by atoms with Crippen molar-refractivity contribution < 1.29 is 9.53 Å². The molecule has 0 bridgehead atoms. The van der Waals surface area contributed by atoms with Gasteiger partial charge in [0, 0.05) is 75.5 Å². The average molecular weight is 476 g/mol. The summed E-state index contributed by atoms with van der Waals surface area (Å²) >= 11 is 0. The molecule has 0 radical (unpaired) electrons. The second kappa shape index (κ2) is 10.1. The molecule has 35 heavy (non-hydrogen) atoms. The molecule has 1 amide bonds. The number of carbonyl (C=O) groups is 1. The van der Waals surface area contributed by atoms with E-state index in [2.05, 4.69) is 55.9 Å². The molecule has 1 N–H and O–H groups in total. The summed E-state index contributed by atoms with van der Waals surface area (Å²) in [6, 6.07) is 10.9. The van der Waals surface area contributed by atoms with Crippen molar-refractivity contribution in [2.24, 2.45) is 0 Å². The van der Waals surface area contributed by atoms with Crippen molar-refractivity contribution in [1.82, 2.24) is 24.3 Å². The highest BCUT2D eigenvalue weighted by Gasteiger charge is 2.26. The first-order chi connectivity index (χ1) is 17.0. The summed E-state index contributed by atoms with van der Waals surface area (Å²) in [6.07, 6.45) is 5.71. The molecule has 0 unspecified atom stereocenters. The average Bonchev–Trinajstić information content (AvgIpc) is 3.27. The van der Waals surface area contributed by atoms with Crippen LogP contribution in [0, 0.1) is 0 Å². The van der Waals surface area contributed by atoms with Gasteiger partial charge in [-0.2, -0.15) is 4.98 Å². The highest BCUT2D eigenvalue weighted by molar-refractivity contribution is 5.98. The maximum atomic E-state index is 12.5. The lowest BCUT2D eigenvalue weighted by atomic mass is 10.0. The van der Waals surface area contributed by atoms with E-state index in [1.165, 1.54) is 23.4 Å². The van der Waals surface area contributed by atoms with Gasteiger partial charge in [0.15, 0.2) is 0 Å². The fraction of sp³-hybridized carbons (Fsp3) is 0.423. The van der Waals surface area contributed by atoms with Crippen LogP contribution < -0.4 is 10.2 Å². The highest BCUT2D eigenvalue weighted by Crippen LogP contribution is 2.26. The number of fused-ring (bicyclic) bond motifs is 1. The number of hydrogen-bond acceptors (Lipinski definition) is 7. The van der Waals surface area contributed by atoms with Crippen LogP contribution in [0.5, 0.6) is 0 Å². The SMILES string of the molecule is C=Cn1c(C(=O)N(C)C)cc2cnc(Nc3ccc(N4CCC(N5CCOCC5)CC4)cc3)nc21. The molecule has 9 heteroatoms.